The number of rotatable bonds is 6. The Morgan fingerprint density at radius 1 is 0.939 bits per heavy atom. The molecule has 0 radical (unpaired) electrons. The Morgan fingerprint density at radius 2 is 1.64 bits per heavy atom. The quantitative estimate of drug-likeness (QED) is 0.331. The van der Waals surface area contributed by atoms with Gasteiger partial charge in [-0.15, -0.1) is 0 Å². The van der Waals surface area contributed by atoms with E-state index in [4.69, 9.17) is 10.1 Å². The highest BCUT2D eigenvalue weighted by atomic mass is 16.4. The summed E-state index contributed by atoms with van der Waals surface area (Å²) in [5, 5.41) is 16.1. The molecule has 2 heterocycles. The average Bonchev–Trinajstić information content (AvgIpc) is 3.21. The standard InChI is InChI=1S/C28H25N3O2/c1-3-9-22(28(32)33)24-25(19-10-5-4-6-11-19)29-27-21-12-7-8-13-23(21)30-31(27)26(24)20-16-14-18(2)15-17-20/h4-8,10-17,22H,3,9H2,1-2H3,(H,32,33). The van der Waals surface area contributed by atoms with Crippen LogP contribution < -0.4 is 0 Å². The van der Waals surface area contributed by atoms with Gasteiger partial charge in [0.25, 0.3) is 0 Å². The molecule has 5 nitrogen and oxygen atoms in total. The van der Waals surface area contributed by atoms with Crippen molar-refractivity contribution in [2.75, 3.05) is 0 Å². The molecule has 5 heteroatoms. The van der Waals surface area contributed by atoms with Crippen LogP contribution in [0, 0.1) is 6.92 Å². The predicted octanol–water partition coefficient (Wildman–Crippen LogP) is 6.49. The highest BCUT2D eigenvalue weighted by molar-refractivity contribution is 5.96. The summed E-state index contributed by atoms with van der Waals surface area (Å²) in [6, 6.07) is 25.9. The van der Waals surface area contributed by atoms with Gasteiger partial charge in [-0.05, 0) is 25.5 Å². The third-order valence-corrected chi connectivity index (χ3v) is 6.09. The second-order valence-corrected chi connectivity index (χ2v) is 8.39. The molecule has 0 aliphatic carbocycles. The van der Waals surface area contributed by atoms with E-state index in [1.165, 1.54) is 0 Å². The zero-order valence-corrected chi connectivity index (χ0v) is 18.7. The van der Waals surface area contributed by atoms with E-state index in [1.54, 1.807) is 0 Å². The molecule has 2 aromatic heterocycles. The Balaban J connectivity index is 1.99. The number of hydrogen-bond acceptors (Lipinski definition) is 3. The molecule has 0 fully saturated rings. The van der Waals surface area contributed by atoms with Crippen molar-refractivity contribution in [1.82, 2.24) is 14.6 Å². The summed E-state index contributed by atoms with van der Waals surface area (Å²) in [4.78, 5) is 17.6. The average molecular weight is 436 g/mol. The second kappa shape index (κ2) is 8.51. The van der Waals surface area contributed by atoms with E-state index in [0.717, 1.165) is 45.4 Å². The normalized spacial score (nSPS) is 12.3. The van der Waals surface area contributed by atoms with Gasteiger partial charge in [0.1, 0.15) is 0 Å². The minimum absolute atomic E-state index is 0.516. The van der Waals surface area contributed by atoms with Crippen LogP contribution in [-0.2, 0) is 4.79 Å². The second-order valence-electron chi connectivity index (χ2n) is 8.39. The zero-order valence-electron chi connectivity index (χ0n) is 18.7. The number of nitrogens with zero attached hydrogens (tertiary/aromatic N) is 3. The van der Waals surface area contributed by atoms with Gasteiger partial charge in [-0.2, -0.15) is 5.10 Å². The summed E-state index contributed by atoms with van der Waals surface area (Å²) in [6.45, 7) is 4.05. The van der Waals surface area contributed by atoms with Crippen LogP contribution >= 0.6 is 0 Å². The lowest BCUT2D eigenvalue weighted by Gasteiger charge is -2.21. The maximum Gasteiger partial charge on any atom is 0.311 e. The fourth-order valence-electron chi connectivity index (χ4n) is 4.49. The van der Waals surface area contributed by atoms with E-state index in [-0.39, 0.29) is 0 Å². The molecular weight excluding hydrogens is 410 g/mol. The molecule has 1 N–H and O–H groups in total. The molecule has 0 aliphatic heterocycles. The Hall–Kier alpha value is -3.99. The van der Waals surface area contributed by atoms with Crippen LogP contribution in [0.15, 0.2) is 78.9 Å². The SMILES string of the molecule is CCCC(C(=O)O)c1c(-c2ccccc2)nc2c3ccccc3nn2c1-c1ccc(C)cc1. The van der Waals surface area contributed by atoms with Crippen molar-refractivity contribution in [2.45, 2.75) is 32.6 Å². The maximum absolute atomic E-state index is 12.6. The molecule has 1 unspecified atom stereocenters. The Kier molecular flexibility index (Phi) is 5.38. The Morgan fingerprint density at radius 3 is 2.33 bits per heavy atom. The first kappa shape index (κ1) is 20.9. The lowest BCUT2D eigenvalue weighted by molar-refractivity contribution is -0.139. The first-order chi connectivity index (χ1) is 16.1. The summed E-state index contributed by atoms with van der Waals surface area (Å²) < 4.78 is 1.84. The molecule has 5 aromatic rings. The fourth-order valence-corrected chi connectivity index (χ4v) is 4.49. The van der Waals surface area contributed by atoms with Crippen molar-refractivity contribution < 1.29 is 9.90 Å². The molecule has 33 heavy (non-hydrogen) atoms. The van der Waals surface area contributed by atoms with Crippen LogP contribution in [0.2, 0.25) is 0 Å². The number of carboxylic acids is 1. The smallest absolute Gasteiger partial charge is 0.311 e. The van der Waals surface area contributed by atoms with E-state index in [2.05, 4.69) is 0 Å². The lowest BCUT2D eigenvalue weighted by atomic mass is 9.87. The van der Waals surface area contributed by atoms with Gasteiger partial charge in [-0.25, -0.2) is 9.50 Å². The lowest BCUT2D eigenvalue weighted by Crippen LogP contribution is -2.17. The Labute approximate surface area is 192 Å². The van der Waals surface area contributed by atoms with Crippen molar-refractivity contribution >= 4 is 22.5 Å². The number of benzene rings is 3. The highest BCUT2D eigenvalue weighted by Crippen LogP contribution is 2.40. The molecular formula is C28H25N3O2. The van der Waals surface area contributed by atoms with Gasteiger partial charge in [-0.1, -0.05) is 85.6 Å². The van der Waals surface area contributed by atoms with Gasteiger partial charge in [-0.3, -0.25) is 4.79 Å². The van der Waals surface area contributed by atoms with E-state index < -0.39 is 11.9 Å². The number of fused-ring (bicyclic) bond motifs is 3. The van der Waals surface area contributed by atoms with Crippen LogP contribution in [0.3, 0.4) is 0 Å². The largest absolute Gasteiger partial charge is 0.481 e. The van der Waals surface area contributed by atoms with E-state index >= 15 is 0 Å². The van der Waals surface area contributed by atoms with E-state index in [0.29, 0.717) is 17.7 Å². The van der Waals surface area contributed by atoms with Crippen LogP contribution in [0.25, 0.3) is 39.1 Å². The van der Waals surface area contributed by atoms with Crippen LogP contribution in [0.5, 0.6) is 0 Å². The minimum Gasteiger partial charge on any atom is -0.481 e. The number of aryl methyl sites for hydroxylation is 1. The zero-order chi connectivity index (χ0) is 22.9. The van der Waals surface area contributed by atoms with E-state index in [1.807, 2.05) is 97.2 Å². The van der Waals surface area contributed by atoms with Gasteiger partial charge >= 0.3 is 5.97 Å². The summed E-state index contributed by atoms with van der Waals surface area (Å²) in [5.74, 6) is -1.55. The van der Waals surface area contributed by atoms with Gasteiger partial charge in [0.15, 0.2) is 5.65 Å². The number of hydrogen-bond donors (Lipinski definition) is 1. The number of carbonyl (C=O) groups is 1. The molecule has 3 aromatic carbocycles. The van der Waals surface area contributed by atoms with Crippen LogP contribution in [0.4, 0.5) is 0 Å². The summed E-state index contributed by atoms with van der Waals surface area (Å²) in [7, 11) is 0. The van der Waals surface area contributed by atoms with Crippen LogP contribution in [-0.4, -0.2) is 25.7 Å². The van der Waals surface area contributed by atoms with Crippen LogP contribution in [0.1, 0.15) is 36.8 Å². The highest BCUT2D eigenvalue weighted by Gasteiger charge is 2.30. The molecule has 0 spiro atoms. The third-order valence-electron chi connectivity index (χ3n) is 6.09. The maximum atomic E-state index is 12.6. The number of aromatic nitrogens is 3. The predicted molar refractivity (Wildman–Crippen MR) is 131 cm³/mol. The minimum atomic E-state index is -0.847. The van der Waals surface area contributed by atoms with Crippen molar-refractivity contribution in [1.29, 1.82) is 0 Å². The van der Waals surface area contributed by atoms with E-state index in [9.17, 15) is 9.90 Å². The summed E-state index contributed by atoms with van der Waals surface area (Å²) in [5.41, 5.74) is 6.72. The molecule has 1 atom stereocenters. The third kappa shape index (κ3) is 3.65. The molecule has 5 rings (SSSR count). The van der Waals surface area contributed by atoms with Gasteiger partial charge in [0.05, 0.1) is 22.8 Å². The molecule has 164 valence electrons. The summed E-state index contributed by atoms with van der Waals surface area (Å²) >= 11 is 0. The molecule has 0 aliphatic rings. The van der Waals surface area contributed by atoms with Crippen molar-refractivity contribution in [2.24, 2.45) is 0 Å². The molecule has 0 bridgehead atoms. The topological polar surface area (TPSA) is 67.5 Å². The summed E-state index contributed by atoms with van der Waals surface area (Å²) in [6.07, 6.45) is 1.26. The first-order valence-electron chi connectivity index (χ1n) is 11.2. The molecule has 0 amide bonds. The number of carboxylic acid groups (broad SMARTS) is 1. The van der Waals surface area contributed by atoms with Crippen molar-refractivity contribution in [3.05, 3.63) is 90.0 Å². The van der Waals surface area contributed by atoms with Gasteiger partial charge in [0.2, 0.25) is 0 Å². The molecule has 0 saturated carbocycles. The fraction of sp³-hybridized carbons (Fsp3) is 0.179. The van der Waals surface area contributed by atoms with Gasteiger partial charge < -0.3 is 5.11 Å². The van der Waals surface area contributed by atoms with Crippen molar-refractivity contribution in [3.63, 3.8) is 0 Å². The number of aliphatic carboxylic acids is 1. The van der Waals surface area contributed by atoms with Crippen molar-refractivity contribution in [3.8, 4) is 22.5 Å². The Bertz CT molecular complexity index is 1450. The first-order valence-corrected chi connectivity index (χ1v) is 11.2. The van der Waals surface area contributed by atoms with Gasteiger partial charge in [0, 0.05) is 22.1 Å². The molecule has 0 saturated heterocycles. The monoisotopic (exact) mass is 435 g/mol.